The van der Waals surface area contributed by atoms with Gasteiger partial charge in [-0.2, -0.15) is 13.2 Å². The average Bonchev–Trinajstić information content (AvgIpc) is 2.82. The van der Waals surface area contributed by atoms with Gasteiger partial charge in [0, 0.05) is 5.69 Å². The third-order valence-electron chi connectivity index (χ3n) is 2.22. The Morgan fingerprint density at radius 2 is 2.14 bits per heavy atom. The molecule has 0 aliphatic carbocycles. The number of amides is 1. The average molecular weight is 334 g/mol. The van der Waals surface area contributed by atoms with Gasteiger partial charge in [0.25, 0.3) is 0 Å². The minimum absolute atomic E-state index is 0.00484. The van der Waals surface area contributed by atoms with Gasteiger partial charge >= 0.3 is 6.18 Å². The number of anilines is 2. The molecular formula is C11H9F3N4OS2. The highest BCUT2D eigenvalue weighted by molar-refractivity contribution is 8.01. The van der Waals surface area contributed by atoms with Crippen LogP contribution in [0, 0.1) is 0 Å². The van der Waals surface area contributed by atoms with E-state index >= 15 is 0 Å². The predicted molar refractivity (Wildman–Crippen MR) is 75.1 cm³/mol. The highest BCUT2D eigenvalue weighted by Crippen LogP contribution is 2.30. The number of nitrogens with zero attached hydrogens (tertiary/aromatic N) is 2. The zero-order valence-corrected chi connectivity index (χ0v) is 12.0. The largest absolute Gasteiger partial charge is 0.416 e. The van der Waals surface area contributed by atoms with Crippen molar-refractivity contribution in [1.82, 2.24) is 10.2 Å². The number of rotatable bonds is 4. The molecule has 0 aliphatic heterocycles. The van der Waals surface area contributed by atoms with Gasteiger partial charge in [0.15, 0.2) is 4.34 Å². The van der Waals surface area contributed by atoms with Crippen LogP contribution < -0.4 is 11.1 Å². The SMILES string of the molecule is Nc1nnc(SCC(=O)Nc2cccc(C(F)(F)F)c2)s1. The normalized spacial score (nSPS) is 11.4. The van der Waals surface area contributed by atoms with Crippen molar-refractivity contribution in [2.45, 2.75) is 10.5 Å². The van der Waals surface area contributed by atoms with Crippen molar-refractivity contribution in [1.29, 1.82) is 0 Å². The highest BCUT2D eigenvalue weighted by Gasteiger charge is 2.30. The van der Waals surface area contributed by atoms with Crippen LogP contribution in [0.5, 0.6) is 0 Å². The Labute approximate surface area is 125 Å². The van der Waals surface area contributed by atoms with Gasteiger partial charge in [0.2, 0.25) is 11.0 Å². The lowest BCUT2D eigenvalue weighted by Crippen LogP contribution is -2.15. The molecule has 0 radical (unpaired) electrons. The molecule has 0 unspecified atom stereocenters. The van der Waals surface area contributed by atoms with E-state index < -0.39 is 17.6 Å². The number of alkyl halides is 3. The topological polar surface area (TPSA) is 80.9 Å². The summed E-state index contributed by atoms with van der Waals surface area (Å²) in [5.41, 5.74) is 4.67. The number of carbonyl (C=O) groups is 1. The summed E-state index contributed by atoms with van der Waals surface area (Å²) in [5.74, 6) is -0.432. The number of nitrogens with two attached hydrogens (primary N) is 1. The van der Waals surface area contributed by atoms with E-state index in [2.05, 4.69) is 15.5 Å². The third kappa shape index (κ3) is 4.60. The van der Waals surface area contributed by atoms with E-state index in [0.717, 1.165) is 35.2 Å². The van der Waals surface area contributed by atoms with Crippen molar-refractivity contribution in [3.05, 3.63) is 29.8 Å². The van der Waals surface area contributed by atoms with E-state index in [1.54, 1.807) is 0 Å². The van der Waals surface area contributed by atoms with Crippen molar-refractivity contribution in [3.8, 4) is 0 Å². The lowest BCUT2D eigenvalue weighted by molar-refractivity contribution is -0.137. The molecule has 0 spiro atoms. The van der Waals surface area contributed by atoms with Crippen molar-refractivity contribution in [2.24, 2.45) is 0 Å². The first-order valence-electron chi connectivity index (χ1n) is 5.53. The highest BCUT2D eigenvalue weighted by atomic mass is 32.2. The molecule has 0 saturated carbocycles. The van der Waals surface area contributed by atoms with Crippen LogP contribution in [-0.4, -0.2) is 21.9 Å². The summed E-state index contributed by atoms with van der Waals surface area (Å²) in [6.45, 7) is 0. The lowest BCUT2D eigenvalue weighted by Gasteiger charge is -2.09. The summed E-state index contributed by atoms with van der Waals surface area (Å²) >= 11 is 2.24. The monoisotopic (exact) mass is 334 g/mol. The zero-order valence-electron chi connectivity index (χ0n) is 10.3. The van der Waals surface area contributed by atoms with Crippen LogP contribution in [-0.2, 0) is 11.0 Å². The molecule has 0 bridgehead atoms. The molecular weight excluding hydrogens is 325 g/mol. The first-order chi connectivity index (χ1) is 9.84. The van der Waals surface area contributed by atoms with Crippen LogP contribution in [0.2, 0.25) is 0 Å². The molecule has 10 heteroatoms. The van der Waals surface area contributed by atoms with Gasteiger partial charge in [-0.1, -0.05) is 29.2 Å². The smallest absolute Gasteiger partial charge is 0.374 e. The molecule has 0 atom stereocenters. The van der Waals surface area contributed by atoms with Crippen LogP contribution in [0.1, 0.15) is 5.56 Å². The first-order valence-corrected chi connectivity index (χ1v) is 7.34. The predicted octanol–water partition coefficient (Wildman–Crippen LogP) is 2.87. The molecule has 2 aromatic rings. The standard InChI is InChI=1S/C11H9F3N4OS2/c12-11(13,14)6-2-1-3-7(4-6)16-8(19)5-20-10-18-17-9(15)21-10/h1-4H,5H2,(H2,15,17)(H,16,19). The van der Waals surface area contributed by atoms with Gasteiger partial charge in [-0.05, 0) is 18.2 Å². The molecule has 3 N–H and O–H groups in total. The Hall–Kier alpha value is -1.81. The number of nitrogens with one attached hydrogen (secondary N) is 1. The van der Waals surface area contributed by atoms with Crippen LogP contribution in [0.25, 0.3) is 0 Å². The minimum atomic E-state index is -4.44. The van der Waals surface area contributed by atoms with Crippen LogP contribution in [0.4, 0.5) is 24.0 Å². The van der Waals surface area contributed by atoms with Gasteiger partial charge in [-0.25, -0.2) is 0 Å². The minimum Gasteiger partial charge on any atom is -0.374 e. The molecule has 1 heterocycles. The number of hydrogen-bond donors (Lipinski definition) is 2. The van der Waals surface area contributed by atoms with E-state index in [0.29, 0.717) is 4.34 Å². The number of hydrogen-bond acceptors (Lipinski definition) is 6. The van der Waals surface area contributed by atoms with E-state index in [1.807, 2.05) is 0 Å². The van der Waals surface area contributed by atoms with E-state index in [9.17, 15) is 18.0 Å². The summed E-state index contributed by atoms with van der Waals surface area (Å²) in [5, 5.41) is 9.99. The third-order valence-corrected chi connectivity index (χ3v) is 4.11. The summed E-state index contributed by atoms with van der Waals surface area (Å²) in [6, 6.07) is 4.44. The maximum Gasteiger partial charge on any atom is 0.416 e. The number of carbonyl (C=O) groups excluding carboxylic acids is 1. The number of aromatic nitrogens is 2. The summed E-state index contributed by atoms with van der Waals surface area (Å²) in [4.78, 5) is 11.7. The van der Waals surface area contributed by atoms with Gasteiger partial charge < -0.3 is 11.1 Å². The molecule has 0 aliphatic rings. The number of benzene rings is 1. The Morgan fingerprint density at radius 1 is 1.38 bits per heavy atom. The molecule has 0 saturated heterocycles. The van der Waals surface area contributed by atoms with Crippen molar-refractivity contribution in [2.75, 3.05) is 16.8 Å². The fraction of sp³-hybridized carbons (Fsp3) is 0.182. The molecule has 1 amide bonds. The van der Waals surface area contributed by atoms with E-state index in [-0.39, 0.29) is 16.6 Å². The number of halogens is 3. The molecule has 1 aromatic heterocycles. The van der Waals surface area contributed by atoms with Crippen LogP contribution in [0.15, 0.2) is 28.6 Å². The van der Waals surface area contributed by atoms with Gasteiger partial charge in [-0.3, -0.25) is 4.79 Å². The molecule has 112 valence electrons. The number of nitrogen functional groups attached to an aromatic ring is 1. The van der Waals surface area contributed by atoms with Crippen LogP contribution >= 0.6 is 23.1 Å². The Kier molecular flexibility index (Phi) is 4.68. The second-order valence-electron chi connectivity index (χ2n) is 3.82. The van der Waals surface area contributed by atoms with Crippen molar-refractivity contribution < 1.29 is 18.0 Å². The molecule has 5 nitrogen and oxygen atoms in total. The van der Waals surface area contributed by atoms with Crippen LogP contribution in [0.3, 0.4) is 0 Å². The van der Waals surface area contributed by atoms with E-state index in [4.69, 9.17) is 5.73 Å². The fourth-order valence-electron chi connectivity index (χ4n) is 1.38. The van der Waals surface area contributed by atoms with Crippen molar-refractivity contribution >= 4 is 39.8 Å². The Morgan fingerprint density at radius 3 is 2.76 bits per heavy atom. The number of thioether (sulfide) groups is 1. The zero-order chi connectivity index (χ0) is 15.5. The van der Waals surface area contributed by atoms with Gasteiger partial charge in [0.1, 0.15) is 0 Å². The second kappa shape index (κ2) is 6.31. The second-order valence-corrected chi connectivity index (χ2v) is 6.05. The Balaban J connectivity index is 1.93. The Bertz CT molecular complexity index is 644. The molecule has 21 heavy (non-hydrogen) atoms. The molecule has 0 fully saturated rings. The maximum atomic E-state index is 12.5. The maximum absolute atomic E-state index is 12.5. The van der Waals surface area contributed by atoms with Crippen molar-refractivity contribution in [3.63, 3.8) is 0 Å². The van der Waals surface area contributed by atoms with Gasteiger partial charge in [-0.15, -0.1) is 10.2 Å². The molecule has 1 aromatic carbocycles. The summed E-state index contributed by atoms with van der Waals surface area (Å²) in [6.07, 6.45) is -4.44. The summed E-state index contributed by atoms with van der Waals surface area (Å²) < 4.78 is 38.1. The van der Waals surface area contributed by atoms with Gasteiger partial charge in [0.05, 0.1) is 11.3 Å². The summed E-state index contributed by atoms with van der Waals surface area (Å²) in [7, 11) is 0. The molecule has 2 rings (SSSR count). The fourth-order valence-corrected chi connectivity index (χ4v) is 2.81. The lowest BCUT2D eigenvalue weighted by atomic mass is 10.2. The first kappa shape index (κ1) is 15.6. The van der Waals surface area contributed by atoms with E-state index in [1.165, 1.54) is 12.1 Å². The quantitative estimate of drug-likeness (QED) is 0.840.